The lowest BCUT2D eigenvalue weighted by Crippen LogP contribution is -2.49. The van der Waals surface area contributed by atoms with E-state index in [1.54, 1.807) is 35.4 Å². The van der Waals surface area contributed by atoms with Gasteiger partial charge in [-0.25, -0.2) is 18.6 Å². The Morgan fingerprint density at radius 2 is 1.79 bits per heavy atom. The summed E-state index contributed by atoms with van der Waals surface area (Å²) in [5.74, 6) is -1.89. The molecule has 67 heavy (non-hydrogen) atoms. The third-order valence-corrected chi connectivity index (χ3v) is 15.3. The summed E-state index contributed by atoms with van der Waals surface area (Å²) in [6.45, 7) is 5.32. The highest BCUT2D eigenvalue weighted by Crippen LogP contribution is 2.42. The van der Waals surface area contributed by atoms with Crippen molar-refractivity contribution in [2.45, 2.75) is 69.1 Å². The number of likely N-dealkylation sites (tertiary alicyclic amines) is 1. The minimum absolute atomic E-state index is 0.0468. The highest BCUT2D eigenvalue weighted by Gasteiger charge is 2.44. The van der Waals surface area contributed by atoms with Crippen LogP contribution in [0.4, 0.5) is 30.8 Å². The lowest BCUT2D eigenvalue weighted by atomic mass is 9.85. The maximum atomic E-state index is 15.7. The molecule has 2 aromatic heterocycles. The molecule has 0 aliphatic carbocycles. The minimum Gasteiger partial charge on any atom is -0.453 e. The van der Waals surface area contributed by atoms with E-state index < -0.39 is 44.8 Å². The number of aliphatic hydroxyl groups is 1. The van der Waals surface area contributed by atoms with Crippen LogP contribution >= 0.6 is 0 Å². The number of ether oxygens (including phenoxy) is 2. The van der Waals surface area contributed by atoms with Gasteiger partial charge in [-0.2, -0.15) is 23.1 Å². The van der Waals surface area contributed by atoms with Gasteiger partial charge in [0.15, 0.2) is 17.4 Å². The molecule has 1 atom stereocenters. The van der Waals surface area contributed by atoms with E-state index in [1.807, 2.05) is 11.0 Å². The summed E-state index contributed by atoms with van der Waals surface area (Å²) in [4.78, 5) is 48.3. The Kier molecular flexibility index (Phi) is 12.2. The number of piperidine rings is 2. The third kappa shape index (κ3) is 8.89. The van der Waals surface area contributed by atoms with E-state index in [2.05, 4.69) is 25.0 Å². The summed E-state index contributed by atoms with van der Waals surface area (Å²) in [7, 11) is -0.952. The van der Waals surface area contributed by atoms with Crippen LogP contribution in [0.2, 0.25) is 0 Å². The van der Waals surface area contributed by atoms with Crippen LogP contribution in [0.1, 0.15) is 63.5 Å². The molecule has 5 aromatic rings. The van der Waals surface area contributed by atoms with Gasteiger partial charge < -0.3 is 24.4 Å². The molecule has 4 fully saturated rings. The number of aromatic nitrogens is 4. The van der Waals surface area contributed by atoms with E-state index in [9.17, 15) is 33.2 Å². The second-order valence-electron chi connectivity index (χ2n) is 17.8. The fourth-order valence-corrected chi connectivity index (χ4v) is 10.5. The lowest BCUT2D eigenvalue weighted by Gasteiger charge is -2.42. The van der Waals surface area contributed by atoms with Crippen molar-refractivity contribution in [3.05, 3.63) is 76.3 Å². The van der Waals surface area contributed by atoms with Crippen molar-refractivity contribution in [3.8, 4) is 17.6 Å². The standard InChI is InChI=1S/C45H51F2N11O8S/c1-4-53(2)67(63,64)52-36-8-6-33(46)40(32(36)25-48)66-29-5-7-35-30(21-29)42(60)58(27-49-35)28-24-45(65-26-28)13-17-55(18-14-45)16-10-44(62)11-19-56(20-12-44)38-23-37-31(22-34(38)47)41(51-54(37)3)57-15-9-39(59)50-43(57)61/h5-8,21-23,27-28,52,62H,4,9-20,24,26H2,1-3H3,(H,50,59,61)/t28-/m1/s1. The number of fused-ring (bicyclic) bond motifs is 2. The Labute approximate surface area is 384 Å². The summed E-state index contributed by atoms with van der Waals surface area (Å²) < 4.78 is 75.0. The van der Waals surface area contributed by atoms with Gasteiger partial charge in [0.1, 0.15) is 23.2 Å². The first kappa shape index (κ1) is 45.9. The third-order valence-electron chi connectivity index (χ3n) is 13.8. The molecule has 0 radical (unpaired) electrons. The van der Waals surface area contributed by atoms with Crippen LogP contribution < -0.4 is 30.1 Å². The number of carbonyl (C=O) groups excluding carboxylic acids is 2. The molecular formula is C45H51F2N11O8S. The summed E-state index contributed by atoms with van der Waals surface area (Å²) >= 11 is 0. The number of nitrogens with zero attached hydrogens (tertiary/aromatic N) is 9. The number of aryl methyl sites for hydroxylation is 1. The molecule has 9 rings (SSSR count). The first-order chi connectivity index (χ1) is 32.0. The highest BCUT2D eigenvalue weighted by molar-refractivity contribution is 7.90. The molecule has 354 valence electrons. The van der Waals surface area contributed by atoms with E-state index in [4.69, 9.17) is 9.47 Å². The minimum atomic E-state index is -4.03. The maximum Gasteiger partial charge on any atom is 0.329 e. The average molecular weight is 944 g/mol. The number of amides is 3. The van der Waals surface area contributed by atoms with Crippen molar-refractivity contribution >= 4 is 61.1 Å². The number of hydrogen-bond donors (Lipinski definition) is 3. The number of anilines is 3. The van der Waals surface area contributed by atoms with Crippen LogP contribution in [0.5, 0.6) is 11.5 Å². The Morgan fingerprint density at radius 3 is 2.51 bits per heavy atom. The smallest absolute Gasteiger partial charge is 0.329 e. The van der Waals surface area contributed by atoms with Crippen molar-refractivity contribution in [2.75, 3.05) is 74.0 Å². The molecule has 3 aromatic carbocycles. The van der Waals surface area contributed by atoms with Gasteiger partial charge in [-0.3, -0.25) is 33.8 Å². The van der Waals surface area contributed by atoms with Crippen molar-refractivity contribution in [1.82, 2.24) is 33.9 Å². The predicted molar refractivity (Wildman–Crippen MR) is 243 cm³/mol. The second kappa shape index (κ2) is 17.8. The normalized spacial score (nSPS) is 19.9. The predicted octanol–water partition coefficient (Wildman–Crippen LogP) is 4.50. The highest BCUT2D eigenvalue weighted by atomic mass is 32.2. The van der Waals surface area contributed by atoms with Crippen LogP contribution in [-0.2, 0) is 26.8 Å². The quantitative estimate of drug-likeness (QED) is 0.157. The number of nitrogens with one attached hydrogen (secondary N) is 2. The van der Waals surface area contributed by atoms with Crippen molar-refractivity contribution in [3.63, 3.8) is 0 Å². The zero-order chi connectivity index (χ0) is 47.4. The molecule has 3 N–H and O–H groups in total. The maximum absolute atomic E-state index is 15.7. The van der Waals surface area contributed by atoms with Crippen molar-refractivity contribution < 1.29 is 41.4 Å². The van der Waals surface area contributed by atoms with Gasteiger partial charge >= 0.3 is 16.2 Å². The monoisotopic (exact) mass is 943 g/mol. The number of urea groups is 1. The van der Waals surface area contributed by atoms with Gasteiger partial charge in [0.05, 0.1) is 58.0 Å². The number of carbonyl (C=O) groups is 2. The van der Waals surface area contributed by atoms with Gasteiger partial charge in [0.2, 0.25) is 5.91 Å². The molecule has 0 unspecified atom stereocenters. The molecule has 4 aliphatic heterocycles. The van der Waals surface area contributed by atoms with Crippen LogP contribution in [0.15, 0.2) is 53.6 Å². The van der Waals surface area contributed by atoms with E-state index in [0.717, 1.165) is 42.4 Å². The molecule has 4 saturated heterocycles. The zero-order valence-corrected chi connectivity index (χ0v) is 38.1. The topological polar surface area (TPSA) is 220 Å². The molecule has 19 nitrogen and oxygen atoms in total. The fourth-order valence-electron chi connectivity index (χ4n) is 9.56. The van der Waals surface area contributed by atoms with Crippen molar-refractivity contribution in [2.24, 2.45) is 7.05 Å². The zero-order valence-electron chi connectivity index (χ0n) is 37.3. The van der Waals surface area contributed by atoms with Gasteiger partial charge in [-0.15, -0.1) is 0 Å². The number of nitriles is 1. The van der Waals surface area contributed by atoms with Gasteiger partial charge in [0.25, 0.3) is 5.56 Å². The molecule has 6 heterocycles. The number of rotatable bonds is 12. The summed E-state index contributed by atoms with van der Waals surface area (Å²) in [5, 5.41) is 29.0. The molecule has 4 aliphatic rings. The first-order valence-corrected chi connectivity index (χ1v) is 23.7. The second-order valence-corrected chi connectivity index (χ2v) is 19.6. The number of halogens is 2. The van der Waals surface area contributed by atoms with Crippen LogP contribution in [0, 0.1) is 23.0 Å². The van der Waals surface area contributed by atoms with Gasteiger partial charge in [0, 0.05) is 71.7 Å². The Hall–Kier alpha value is -6.25. The summed E-state index contributed by atoms with van der Waals surface area (Å²) in [6.07, 6.45) is 5.16. The number of hydrogen-bond acceptors (Lipinski definition) is 13. The molecule has 3 amide bonds. The van der Waals surface area contributed by atoms with Crippen molar-refractivity contribution in [1.29, 1.82) is 5.26 Å². The Balaban J connectivity index is 0.799. The summed E-state index contributed by atoms with van der Waals surface area (Å²) in [6, 6.07) is 10.6. The molecule has 1 spiro atoms. The van der Waals surface area contributed by atoms with E-state index in [1.165, 1.54) is 36.5 Å². The SMILES string of the molecule is CCN(C)S(=O)(=O)Nc1ccc(F)c(Oc2ccc3ncn([C@H]4COC5(CCN(CCC6(O)CCN(c7cc8c(cc7F)c(N7CCC(=O)NC7=O)nn8C)CC6)CC5)C4)c(=O)c3c2)c1C#N. The molecule has 22 heteroatoms. The Bertz CT molecular complexity index is 3000. The summed E-state index contributed by atoms with van der Waals surface area (Å²) in [5.41, 5.74) is -0.822. The van der Waals surface area contributed by atoms with Crippen LogP contribution in [-0.4, -0.2) is 125 Å². The Morgan fingerprint density at radius 1 is 1.03 bits per heavy atom. The largest absolute Gasteiger partial charge is 0.453 e. The van der Waals surface area contributed by atoms with Crippen LogP contribution in [0.25, 0.3) is 21.8 Å². The van der Waals surface area contributed by atoms with E-state index in [-0.39, 0.29) is 65.2 Å². The molecular weight excluding hydrogens is 893 g/mol. The number of benzene rings is 3. The van der Waals surface area contributed by atoms with E-state index in [0.29, 0.717) is 74.0 Å². The van der Waals surface area contributed by atoms with Gasteiger partial charge in [-0.1, -0.05) is 6.92 Å². The van der Waals surface area contributed by atoms with Gasteiger partial charge in [-0.05, 0) is 81.0 Å². The average Bonchev–Trinajstić information content (AvgIpc) is 3.86. The fraction of sp³-hybridized carbons (Fsp3) is 0.467. The van der Waals surface area contributed by atoms with E-state index >= 15 is 8.78 Å². The van der Waals surface area contributed by atoms with Crippen LogP contribution in [0.3, 0.4) is 0 Å². The first-order valence-electron chi connectivity index (χ1n) is 22.3. The lowest BCUT2D eigenvalue weighted by molar-refractivity contribution is -0.120. The molecule has 0 saturated carbocycles. The molecule has 0 bridgehead atoms. The number of imide groups is 1.